The zero-order valence-corrected chi connectivity index (χ0v) is 19.6. The highest BCUT2D eigenvalue weighted by Crippen LogP contribution is 2.55. The minimum atomic E-state index is -0.0797. The van der Waals surface area contributed by atoms with Gasteiger partial charge >= 0.3 is 0 Å². The van der Waals surface area contributed by atoms with Crippen LogP contribution in [0, 0.1) is 0 Å². The Kier molecular flexibility index (Phi) is 4.19. The molecule has 0 spiro atoms. The lowest BCUT2D eigenvalue weighted by atomic mass is 9.82. The van der Waals surface area contributed by atoms with E-state index >= 15 is 0 Å². The van der Waals surface area contributed by atoms with Crippen molar-refractivity contribution in [3.8, 4) is 56.5 Å². The van der Waals surface area contributed by atoms with Crippen molar-refractivity contribution in [1.82, 2.24) is 4.98 Å². The number of hydrogen-bond acceptors (Lipinski definition) is 3. The van der Waals surface area contributed by atoms with Crippen LogP contribution in [-0.4, -0.2) is 4.98 Å². The summed E-state index contributed by atoms with van der Waals surface area (Å²) in [5.74, 6) is 2.96. The predicted molar refractivity (Wildman–Crippen MR) is 139 cm³/mol. The lowest BCUT2D eigenvalue weighted by molar-refractivity contribution is 0.359. The maximum Gasteiger partial charge on any atom is 0.170 e. The fraction of sp³-hybridized carbons (Fsp3) is 0.0938. The van der Waals surface area contributed by atoms with E-state index in [1.165, 1.54) is 22.3 Å². The van der Waals surface area contributed by atoms with Crippen LogP contribution in [0.4, 0.5) is 0 Å². The quantitative estimate of drug-likeness (QED) is 0.263. The van der Waals surface area contributed by atoms with Crippen LogP contribution in [0.2, 0.25) is 0 Å². The fourth-order valence-electron chi connectivity index (χ4n) is 5.42. The smallest absolute Gasteiger partial charge is 0.170 e. The van der Waals surface area contributed by atoms with Gasteiger partial charge in [0.05, 0.1) is 5.69 Å². The summed E-state index contributed by atoms with van der Waals surface area (Å²) in [5.41, 5.74) is 9.20. The Morgan fingerprint density at radius 2 is 1.23 bits per heavy atom. The number of ether oxygens (including phenoxy) is 2. The van der Waals surface area contributed by atoms with Gasteiger partial charge in [-0.15, -0.1) is 0 Å². The number of aromatic nitrogens is 1. The number of benzene rings is 4. The zero-order chi connectivity index (χ0) is 23.6. The van der Waals surface area contributed by atoms with Gasteiger partial charge in [-0.2, -0.15) is 0 Å². The number of nitrogens with zero attached hydrogens (tertiary/aromatic N) is 1. The van der Waals surface area contributed by atoms with Gasteiger partial charge in [-0.1, -0.05) is 74.5 Å². The molecule has 0 saturated carbocycles. The van der Waals surface area contributed by atoms with E-state index in [4.69, 9.17) is 9.47 Å². The molecule has 1 aliphatic heterocycles. The van der Waals surface area contributed by atoms with Gasteiger partial charge in [0, 0.05) is 17.2 Å². The van der Waals surface area contributed by atoms with Crippen LogP contribution in [0.3, 0.4) is 0 Å². The van der Waals surface area contributed by atoms with Crippen molar-refractivity contribution in [1.29, 1.82) is 0 Å². The Morgan fingerprint density at radius 1 is 0.543 bits per heavy atom. The summed E-state index contributed by atoms with van der Waals surface area (Å²) in [7, 11) is 0. The average molecular weight is 454 g/mol. The molecule has 2 heterocycles. The molecule has 0 amide bonds. The highest BCUT2D eigenvalue weighted by molar-refractivity contribution is 5.85. The van der Waals surface area contributed by atoms with Crippen molar-refractivity contribution in [2.24, 2.45) is 0 Å². The Bertz CT molecular complexity index is 1620. The lowest BCUT2D eigenvalue weighted by Crippen LogP contribution is -2.15. The molecule has 4 aromatic carbocycles. The van der Waals surface area contributed by atoms with Crippen molar-refractivity contribution in [2.75, 3.05) is 0 Å². The van der Waals surface area contributed by atoms with Crippen LogP contribution >= 0.6 is 0 Å². The fourth-order valence-corrected chi connectivity index (χ4v) is 5.42. The predicted octanol–water partition coefficient (Wildman–Crippen LogP) is 8.62. The van der Waals surface area contributed by atoms with Crippen molar-refractivity contribution >= 4 is 0 Å². The van der Waals surface area contributed by atoms with E-state index < -0.39 is 0 Å². The van der Waals surface area contributed by atoms with Crippen LogP contribution in [0.15, 0.2) is 103 Å². The highest BCUT2D eigenvalue weighted by atomic mass is 16.6. The van der Waals surface area contributed by atoms with Gasteiger partial charge in [-0.25, -0.2) is 0 Å². The van der Waals surface area contributed by atoms with Gasteiger partial charge in [0.15, 0.2) is 23.0 Å². The highest BCUT2D eigenvalue weighted by Gasteiger charge is 2.37. The molecule has 0 N–H and O–H groups in total. The molecule has 2 aliphatic rings. The van der Waals surface area contributed by atoms with E-state index in [0.717, 1.165) is 45.4 Å². The third-order valence-electron chi connectivity index (χ3n) is 7.21. The van der Waals surface area contributed by atoms with Gasteiger partial charge in [0.1, 0.15) is 0 Å². The van der Waals surface area contributed by atoms with Crippen molar-refractivity contribution in [2.45, 2.75) is 19.3 Å². The first-order valence-electron chi connectivity index (χ1n) is 11.9. The molecular weight excluding hydrogens is 430 g/mol. The van der Waals surface area contributed by atoms with Crippen LogP contribution in [0.5, 0.6) is 23.0 Å². The van der Waals surface area contributed by atoms with Crippen molar-refractivity contribution < 1.29 is 9.47 Å². The van der Waals surface area contributed by atoms with E-state index in [0.29, 0.717) is 0 Å². The molecule has 0 unspecified atom stereocenters. The molecule has 1 aromatic heterocycles. The molecular formula is C32H23NO2. The summed E-state index contributed by atoms with van der Waals surface area (Å²) in [6.45, 7) is 4.54. The first kappa shape index (κ1) is 20.0. The average Bonchev–Trinajstić information content (AvgIpc) is 3.12. The lowest BCUT2D eigenvalue weighted by Gasteiger charge is -2.25. The van der Waals surface area contributed by atoms with Crippen molar-refractivity contribution in [3.63, 3.8) is 0 Å². The normalized spacial score (nSPS) is 14.1. The second kappa shape index (κ2) is 7.31. The largest absolute Gasteiger partial charge is 0.450 e. The van der Waals surface area contributed by atoms with E-state index in [2.05, 4.69) is 85.6 Å². The second-order valence-electron chi connectivity index (χ2n) is 9.64. The van der Waals surface area contributed by atoms with Crippen LogP contribution in [-0.2, 0) is 5.41 Å². The van der Waals surface area contributed by atoms with Gasteiger partial charge < -0.3 is 9.47 Å². The molecule has 1 aliphatic carbocycles. The van der Waals surface area contributed by atoms with Gasteiger partial charge in [0.25, 0.3) is 0 Å². The van der Waals surface area contributed by atoms with E-state index in [1.807, 2.05) is 36.5 Å². The minimum absolute atomic E-state index is 0.0797. The monoisotopic (exact) mass is 453 g/mol. The standard InChI is InChI=1S/C32H23NO2/c1-32(2)25-12-6-5-10-22(25)24-18-30-31(19-26(24)32)34-28-15-14-20(17-29(28)35-30)21-9-3-4-11-23(21)27-13-7-8-16-33-27/h3-19H,1-2H3. The van der Waals surface area contributed by atoms with Crippen LogP contribution < -0.4 is 9.47 Å². The molecule has 3 heteroatoms. The van der Waals surface area contributed by atoms with Gasteiger partial charge in [-0.3, -0.25) is 4.98 Å². The van der Waals surface area contributed by atoms with E-state index in [-0.39, 0.29) is 5.41 Å². The van der Waals surface area contributed by atoms with Gasteiger partial charge in [0.2, 0.25) is 0 Å². The zero-order valence-electron chi connectivity index (χ0n) is 19.6. The molecule has 5 aromatic rings. The molecule has 0 saturated heterocycles. The van der Waals surface area contributed by atoms with Crippen molar-refractivity contribution in [3.05, 3.63) is 114 Å². The number of fused-ring (bicyclic) bond motifs is 5. The first-order chi connectivity index (χ1) is 17.1. The van der Waals surface area contributed by atoms with E-state index in [1.54, 1.807) is 0 Å². The molecule has 0 radical (unpaired) electrons. The minimum Gasteiger partial charge on any atom is -0.450 e. The Balaban J connectivity index is 1.31. The Morgan fingerprint density at radius 3 is 2.06 bits per heavy atom. The summed E-state index contributed by atoms with van der Waals surface area (Å²) in [5, 5.41) is 0. The van der Waals surface area contributed by atoms with Crippen LogP contribution in [0.1, 0.15) is 25.0 Å². The molecule has 7 rings (SSSR count). The Hall–Kier alpha value is -4.37. The summed E-state index contributed by atoms with van der Waals surface area (Å²) >= 11 is 0. The molecule has 0 atom stereocenters. The summed E-state index contributed by atoms with van der Waals surface area (Å²) in [6.07, 6.45) is 1.82. The van der Waals surface area contributed by atoms with Crippen LogP contribution in [0.25, 0.3) is 33.5 Å². The maximum atomic E-state index is 6.45. The van der Waals surface area contributed by atoms with Gasteiger partial charge in [-0.05, 0) is 69.8 Å². The number of rotatable bonds is 2. The maximum absolute atomic E-state index is 6.45. The summed E-state index contributed by atoms with van der Waals surface area (Å²) < 4.78 is 12.8. The SMILES string of the molecule is CC1(C)c2ccccc2-c2cc3c(cc21)Oc1ccc(-c2ccccc2-c2ccccn2)cc1O3. The third kappa shape index (κ3) is 3.01. The summed E-state index contributed by atoms with van der Waals surface area (Å²) in [4.78, 5) is 4.56. The number of pyridine rings is 1. The molecule has 3 nitrogen and oxygen atoms in total. The topological polar surface area (TPSA) is 31.4 Å². The van der Waals surface area contributed by atoms with E-state index in [9.17, 15) is 0 Å². The molecule has 35 heavy (non-hydrogen) atoms. The molecule has 168 valence electrons. The number of hydrogen-bond donors (Lipinski definition) is 0. The second-order valence-corrected chi connectivity index (χ2v) is 9.64. The first-order valence-corrected chi connectivity index (χ1v) is 11.9. The summed E-state index contributed by atoms with van der Waals surface area (Å²) in [6, 6.07) is 33.3. The molecule has 0 fully saturated rings. The molecule has 0 bridgehead atoms. The third-order valence-corrected chi connectivity index (χ3v) is 7.21. The Labute approximate surface area is 204 Å².